The van der Waals surface area contributed by atoms with E-state index in [2.05, 4.69) is 10.2 Å². The van der Waals surface area contributed by atoms with E-state index in [0.717, 1.165) is 44.7 Å². The summed E-state index contributed by atoms with van der Waals surface area (Å²) in [5.74, 6) is 1.12. The van der Waals surface area contributed by atoms with Crippen molar-refractivity contribution in [2.24, 2.45) is 11.8 Å². The number of amides is 2. The number of likely N-dealkylation sites (tertiary alicyclic amines) is 2. The first kappa shape index (κ1) is 23.4. The molecule has 0 spiro atoms. The molecule has 2 amide bonds. The highest BCUT2D eigenvalue weighted by molar-refractivity contribution is 5.69. The summed E-state index contributed by atoms with van der Waals surface area (Å²) in [4.78, 5) is 28.5. The van der Waals surface area contributed by atoms with Crippen molar-refractivity contribution < 1.29 is 19.1 Å². The number of rotatable bonds is 6. The van der Waals surface area contributed by atoms with E-state index >= 15 is 0 Å². The van der Waals surface area contributed by atoms with Crippen LogP contribution in [0.25, 0.3) is 0 Å². The lowest BCUT2D eigenvalue weighted by atomic mass is 9.80. The highest BCUT2D eigenvalue weighted by atomic mass is 16.6. The Bertz CT molecular complexity index is 728. The largest absolute Gasteiger partial charge is 0.445 e. The smallest absolute Gasteiger partial charge is 0.410 e. The van der Waals surface area contributed by atoms with Gasteiger partial charge in [-0.3, -0.25) is 0 Å². The average molecular weight is 432 g/mol. The van der Waals surface area contributed by atoms with Crippen LogP contribution in [0.1, 0.15) is 46.1 Å². The predicted molar refractivity (Wildman–Crippen MR) is 120 cm³/mol. The molecule has 31 heavy (non-hydrogen) atoms. The van der Waals surface area contributed by atoms with Crippen LogP contribution in [-0.2, 0) is 16.1 Å². The summed E-state index contributed by atoms with van der Waals surface area (Å²) in [7, 11) is 0. The lowest BCUT2D eigenvalue weighted by Gasteiger charge is -2.46. The summed E-state index contributed by atoms with van der Waals surface area (Å²) in [6.07, 6.45) is 1.77. The van der Waals surface area contributed by atoms with Crippen molar-refractivity contribution in [1.29, 1.82) is 0 Å². The number of piperidine rings is 1. The molecule has 0 aliphatic carbocycles. The van der Waals surface area contributed by atoms with Gasteiger partial charge in [0.05, 0.1) is 0 Å². The van der Waals surface area contributed by atoms with Gasteiger partial charge >= 0.3 is 12.2 Å². The van der Waals surface area contributed by atoms with E-state index < -0.39 is 5.60 Å². The zero-order valence-corrected chi connectivity index (χ0v) is 19.3. The maximum Gasteiger partial charge on any atom is 0.410 e. The third-order valence-corrected chi connectivity index (χ3v) is 5.88. The molecule has 0 radical (unpaired) electrons. The van der Waals surface area contributed by atoms with Crippen molar-refractivity contribution in [3.8, 4) is 0 Å². The highest BCUT2D eigenvalue weighted by Gasteiger charge is 2.39. The fourth-order valence-corrected chi connectivity index (χ4v) is 4.33. The molecular weight excluding hydrogens is 394 g/mol. The van der Waals surface area contributed by atoms with Crippen LogP contribution in [0, 0.1) is 11.8 Å². The van der Waals surface area contributed by atoms with Crippen molar-refractivity contribution >= 4 is 12.2 Å². The summed E-state index contributed by atoms with van der Waals surface area (Å²) >= 11 is 0. The Kier molecular flexibility index (Phi) is 7.81. The van der Waals surface area contributed by atoms with Gasteiger partial charge in [0.15, 0.2) is 0 Å². The second kappa shape index (κ2) is 10.4. The molecule has 2 atom stereocenters. The van der Waals surface area contributed by atoms with Gasteiger partial charge in [0.2, 0.25) is 0 Å². The minimum Gasteiger partial charge on any atom is -0.445 e. The monoisotopic (exact) mass is 431 g/mol. The van der Waals surface area contributed by atoms with Gasteiger partial charge in [-0.2, -0.15) is 0 Å². The van der Waals surface area contributed by atoms with Crippen LogP contribution in [0.15, 0.2) is 30.3 Å². The Morgan fingerprint density at radius 2 is 1.84 bits per heavy atom. The minimum atomic E-state index is -0.449. The molecule has 1 aromatic carbocycles. The normalized spacial score (nSPS) is 21.2. The van der Waals surface area contributed by atoms with E-state index in [4.69, 9.17) is 9.47 Å². The number of carbonyl (C=O) groups is 2. The first-order valence-corrected chi connectivity index (χ1v) is 11.4. The molecule has 2 aliphatic rings. The van der Waals surface area contributed by atoms with E-state index in [1.807, 2.05) is 62.9 Å². The van der Waals surface area contributed by atoms with Crippen LogP contribution in [0.5, 0.6) is 0 Å². The number of hydrogen-bond donors (Lipinski definition) is 1. The van der Waals surface area contributed by atoms with Crippen LogP contribution in [0.4, 0.5) is 9.59 Å². The maximum absolute atomic E-state index is 12.2. The second-order valence-electron chi connectivity index (χ2n) is 9.91. The first-order chi connectivity index (χ1) is 14.7. The van der Waals surface area contributed by atoms with Gasteiger partial charge in [0.25, 0.3) is 0 Å². The summed E-state index contributed by atoms with van der Waals surface area (Å²) in [5.41, 5.74) is 0.528. The van der Waals surface area contributed by atoms with E-state index in [1.54, 1.807) is 0 Å². The van der Waals surface area contributed by atoms with Gasteiger partial charge in [-0.1, -0.05) is 30.3 Å². The Hall–Kier alpha value is -2.28. The molecular formula is C24H37N3O4. The van der Waals surface area contributed by atoms with Crippen LogP contribution >= 0.6 is 0 Å². The lowest BCUT2D eigenvalue weighted by Crippen LogP contribution is -2.56. The fraction of sp³-hybridized carbons (Fsp3) is 0.667. The third-order valence-electron chi connectivity index (χ3n) is 5.88. The van der Waals surface area contributed by atoms with Crippen LogP contribution in [0.2, 0.25) is 0 Å². The molecule has 2 fully saturated rings. The number of alkyl carbamates (subject to hydrolysis) is 1. The molecule has 2 saturated heterocycles. The number of hydrogen-bond acceptors (Lipinski definition) is 5. The molecule has 1 aromatic rings. The van der Waals surface area contributed by atoms with Gasteiger partial charge in [0, 0.05) is 32.2 Å². The van der Waals surface area contributed by atoms with Gasteiger partial charge in [0.1, 0.15) is 12.2 Å². The quantitative estimate of drug-likeness (QED) is 0.740. The van der Waals surface area contributed by atoms with Gasteiger partial charge < -0.3 is 24.6 Å². The van der Waals surface area contributed by atoms with Crippen molar-refractivity contribution in [2.45, 2.75) is 58.8 Å². The molecule has 3 rings (SSSR count). The molecule has 1 N–H and O–H groups in total. The molecule has 0 aromatic heterocycles. The van der Waals surface area contributed by atoms with Crippen molar-refractivity contribution in [2.75, 3.05) is 32.7 Å². The van der Waals surface area contributed by atoms with E-state index in [-0.39, 0.29) is 24.8 Å². The standard InChI is InChI=1S/C24H37N3O4/c1-18(25-22(28)30-17-19-9-6-5-7-10-19)13-26-12-8-11-20(14-26)21-15-27(16-21)23(29)31-24(2,3)4/h5-7,9-10,18,20-21H,8,11-17H2,1-4H3,(H,25,28)/t18-,20-/m0/s1. The molecule has 7 nitrogen and oxygen atoms in total. The minimum absolute atomic E-state index is 0.0154. The Morgan fingerprint density at radius 1 is 1.13 bits per heavy atom. The topological polar surface area (TPSA) is 71.1 Å². The number of carbonyl (C=O) groups excluding carboxylic acids is 2. The van der Waals surface area contributed by atoms with Crippen molar-refractivity contribution in [1.82, 2.24) is 15.1 Å². The number of nitrogens with zero attached hydrogens (tertiary/aromatic N) is 2. The second-order valence-corrected chi connectivity index (χ2v) is 9.91. The van der Waals surface area contributed by atoms with Gasteiger partial charge in [-0.05, 0) is 64.5 Å². The lowest BCUT2D eigenvalue weighted by molar-refractivity contribution is -0.0199. The Balaban J connectivity index is 1.36. The zero-order chi connectivity index (χ0) is 22.4. The first-order valence-electron chi connectivity index (χ1n) is 11.4. The Morgan fingerprint density at radius 3 is 2.52 bits per heavy atom. The maximum atomic E-state index is 12.2. The summed E-state index contributed by atoms with van der Waals surface area (Å²) in [5, 5.41) is 2.94. The molecule has 0 saturated carbocycles. The average Bonchev–Trinajstić information content (AvgIpc) is 2.65. The molecule has 2 heterocycles. The van der Waals surface area contributed by atoms with E-state index in [9.17, 15) is 9.59 Å². The predicted octanol–water partition coefficient (Wildman–Crippen LogP) is 3.88. The fourth-order valence-electron chi connectivity index (χ4n) is 4.33. The highest BCUT2D eigenvalue weighted by Crippen LogP contribution is 2.31. The van der Waals surface area contributed by atoms with Crippen LogP contribution < -0.4 is 5.32 Å². The molecule has 0 unspecified atom stereocenters. The summed E-state index contributed by atoms with van der Waals surface area (Å²) in [6, 6.07) is 9.70. The molecule has 172 valence electrons. The number of benzene rings is 1. The number of nitrogens with one attached hydrogen (secondary N) is 1. The number of ether oxygens (including phenoxy) is 2. The van der Waals surface area contributed by atoms with Crippen molar-refractivity contribution in [3.63, 3.8) is 0 Å². The SMILES string of the molecule is C[C@@H](CN1CCC[C@H](C2CN(C(=O)OC(C)(C)C)C2)C1)NC(=O)OCc1ccccc1. The summed E-state index contributed by atoms with van der Waals surface area (Å²) in [6.45, 7) is 12.4. The molecule has 7 heteroatoms. The molecule has 2 aliphatic heterocycles. The Labute approximate surface area is 186 Å². The van der Waals surface area contributed by atoms with Crippen LogP contribution in [-0.4, -0.2) is 66.4 Å². The molecule has 0 bridgehead atoms. The van der Waals surface area contributed by atoms with E-state index in [1.165, 1.54) is 6.42 Å². The van der Waals surface area contributed by atoms with Crippen molar-refractivity contribution in [3.05, 3.63) is 35.9 Å². The summed E-state index contributed by atoms with van der Waals surface area (Å²) < 4.78 is 10.8. The van der Waals surface area contributed by atoms with Gasteiger partial charge in [-0.15, -0.1) is 0 Å². The zero-order valence-electron chi connectivity index (χ0n) is 19.3. The third kappa shape index (κ3) is 7.42. The van der Waals surface area contributed by atoms with Crippen LogP contribution in [0.3, 0.4) is 0 Å². The van der Waals surface area contributed by atoms with Gasteiger partial charge in [-0.25, -0.2) is 9.59 Å². The van der Waals surface area contributed by atoms with E-state index in [0.29, 0.717) is 11.8 Å².